The molecular formula is C25H27FN8O4. The molecule has 2 aliphatic rings. The third-order valence-electron chi connectivity index (χ3n) is 6.61. The smallest absolute Gasteiger partial charge is 0.326 e. The molecule has 0 unspecified atom stereocenters. The van der Waals surface area contributed by atoms with Gasteiger partial charge < -0.3 is 25.0 Å². The number of aromatic nitrogens is 4. The van der Waals surface area contributed by atoms with E-state index in [4.69, 9.17) is 9.84 Å². The average Bonchev–Trinajstić information content (AvgIpc) is 3.36. The minimum Gasteiger partial charge on any atom is -0.495 e. The molecule has 2 aliphatic heterocycles. The van der Waals surface area contributed by atoms with Gasteiger partial charge in [-0.25, -0.2) is 14.2 Å². The molecule has 0 saturated carbocycles. The zero-order chi connectivity index (χ0) is 27.0. The van der Waals surface area contributed by atoms with Crippen molar-refractivity contribution in [1.82, 2.24) is 24.6 Å². The first-order chi connectivity index (χ1) is 18.3. The number of halogens is 1. The highest BCUT2D eigenvalue weighted by Gasteiger charge is 2.40. The maximum Gasteiger partial charge on any atom is 0.326 e. The fourth-order valence-electron chi connectivity index (χ4n) is 4.87. The lowest BCUT2D eigenvalue weighted by atomic mass is 9.93. The van der Waals surface area contributed by atoms with Gasteiger partial charge >= 0.3 is 6.03 Å². The number of aliphatic hydroxyl groups excluding tert-OH is 1. The molecule has 4 heterocycles. The predicted molar refractivity (Wildman–Crippen MR) is 137 cm³/mol. The molecule has 1 atom stereocenters. The van der Waals surface area contributed by atoms with Gasteiger partial charge in [0.25, 0.3) is 5.91 Å². The van der Waals surface area contributed by atoms with Crippen LogP contribution in [0.4, 0.5) is 32.3 Å². The van der Waals surface area contributed by atoms with E-state index in [1.807, 2.05) is 6.07 Å². The van der Waals surface area contributed by atoms with Crippen LogP contribution in [0.3, 0.4) is 0 Å². The fraction of sp³-hybridized carbons (Fsp3) is 0.320. The number of carbonyl (C=O) groups is 2. The number of methoxy groups -OCH3 is 1. The molecule has 0 saturated heterocycles. The highest BCUT2D eigenvalue weighted by atomic mass is 19.1. The summed E-state index contributed by atoms with van der Waals surface area (Å²) in [5.74, 6) is -0.726. The number of fused-ring (bicyclic) bond motifs is 2. The molecule has 2 N–H and O–H groups in total. The number of aliphatic hydroxyl groups is 1. The topological polar surface area (TPSA) is 129 Å². The molecule has 0 spiro atoms. The summed E-state index contributed by atoms with van der Waals surface area (Å²) < 4.78 is 20.9. The summed E-state index contributed by atoms with van der Waals surface area (Å²) in [6.45, 7) is 3.92. The van der Waals surface area contributed by atoms with Crippen molar-refractivity contribution in [3.8, 4) is 5.75 Å². The minimum absolute atomic E-state index is 0.0302. The highest BCUT2D eigenvalue weighted by Crippen LogP contribution is 2.45. The van der Waals surface area contributed by atoms with Crippen molar-refractivity contribution in [3.63, 3.8) is 0 Å². The standard InChI is InChI=1S/C25H27FN8O4/c1-15(26)23(36)33-8-7-19(18-5-4-6-20(38-3)21(18)33)34-13-16-11-27-24(30-22(16)31(2)25(34)37)29-17-12-28-32(14-17)9-10-35/h4-6,11-12,14,19,35H,1,7-10,13H2,2-3H3,(H,27,29,30)/t19-/m1/s1. The first kappa shape index (κ1) is 25.1. The van der Waals surface area contributed by atoms with Crippen LogP contribution in [0.25, 0.3) is 0 Å². The molecule has 198 valence electrons. The van der Waals surface area contributed by atoms with E-state index >= 15 is 0 Å². The number of ether oxygens (including phenoxy) is 1. The molecule has 0 aliphatic carbocycles. The number of urea groups is 1. The van der Waals surface area contributed by atoms with Crippen molar-refractivity contribution < 1.29 is 23.8 Å². The second-order valence-corrected chi connectivity index (χ2v) is 8.92. The molecule has 12 nitrogen and oxygen atoms in total. The molecule has 3 aromatic rings. The van der Waals surface area contributed by atoms with Crippen LogP contribution in [0, 0.1) is 0 Å². The molecular weight excluding hydrogens is 495 g/mol. The summed E-state index contributed by atoms with van der Waals surface area (Å²) in [5, 5.41) is 16.3. The van der Waals surface area contributed by atoms with Crippen molar-refractivity contribution >= 4 is 35.1 Å². The van der Waals surface area contributed by atoms with E-state index in [-0.39, 0.29) is 25.7 Å². The van der Waals surface area contributed by atoms with Gasteiger partial charge in [0.05, 0.1) is 50.4 Å². The highest BCUT2D eigenvalue weighted by molar-refractivity contribution is 6.05. The van der Waals surface area contributed by atoms with Gasteiger partial charge in [0.2, 0.25) is 5.95 Å². The van der Waals surface area contributed by atoms with Crippen molar-refractivity contribution in [2.24, 2.45) is 0 Å². The average molecular weight is 523 g/mol. The van der Waals surface area contributed by atoms with Crippen molar-refractivity contribution in [2.45, 2.75) is 25.6 Å². The SMILES string of the molecule is C=C(F)C(=O)N1CC[C@@H](N2Cc3cnc(Nc4cnn(CCO)c4)nc3N(C)C2=O)c2cccc(OC)c21. The Balaban J connectivity index is 1.44. The van der Waals surface area contributed by atoms with Gasteiger partial charge in [0.15, 0.2) is 5.83 Å². The largest absolute Gasteiger partial charge is 0.495 e. The van der Waals surface area contributed by atoms with Gasteiger partial charge in [-0.1, -0.05) is 18.7 Å². The van der Waals surface area contributed by atoms with Crippen molar-refractivity contribution in [2.75, 3.05) is 42.4 Å². The Kier molecular flexibility index (Phi) is 6.68. The monoisotopic (exact) mass is 522 g/mol. The Morgan fingerprint density at radius 3 is 2.89 bits per heavy atom. The van der Waals surface area contributed by atoms with Crippen LogP contribution in [0.5, 0.6) is 5.75 Å². The third kappa shape index (κ3) is 4.41. The van der Waals surface area contributed by atoms with E-state index in [1.54, 1.807) is 47.4 Å². The summed E-state index contributed by atoms with van der Waals surface area (Å²) >= 11 is 0. The zero-order valence-corrected chi connectivity index (χ0v) is 21.0. The molecule has 0 radical (unpaired) electrons. The molecule has 13 heteroatoms. The summed E-state index contributed by atoms with van der Waals surface area (Å²) in [5.41, 5.74) is 2.49. The van der Waals surface area contributed by atoms with E-state index in [1.165, 1.54) is 16.9 Å². The molecule has 38 heavy (non-hydrogen) atoms. The number of nitrogens with zero attached hydrogens (tertiary/aromatic N) is 7. The summed E-state index contributed by atoms with van der Waals surface area (Å²) in [6, 6.07) is 4.62. The molecule has 1 aromatic carbocycles. The van der Waals surface area contributed by atoms with E-state index in [9.17, 15) is 14.0 Å². The third-order valence-corrected chi connectivity index (χ3v) is 6.61. The van der Waals surface area contributed by atoms with Crippen LogP contribution in [0.1, 0.15) is 23.6 Å². The van der Waals surface area contributed by atoms with E-state index in [0.717, 1.165) is 5.56 Å². The van der Waals surface area contributed by atoms with E-state index < -0.39 is 17.8 Å². The number of benzene rings is 1. The van der Waals surface area contributed by atoms with Crippen LogP contribution in [0.2, 0.25) is 0 Å². The number of amides is 3. The van der Waals surface area contributed by atoms with Gasteiger partial charge in [-0.15, -0.1) is 0 Å². The Morgan fingerprint density at radius 2 is 2.16 bits per heavy atom. The normalized spacial score (nSPS) is 16.7. The Labute approximate surface area is 217 Å². The van der Waals surface area contributed by atoms with Gasteiger partial charge in [0.1, 0.15) is 11.6 Å². The van der Waals surface area contributed by atoms with Crippen LogP contribution >= 0.6 is 0 Å². The van der Waals surface area contributed by atoms with Crippen molar-refractivity contribution in [1.29, 1.82) is 0 Å². The summed E-state index contributed by atoms with van der Waals surface area (Å²) in [4.78, 5) is 39.5. The molecule has 0 fully saturated rings. The van der Waals surface area contributed by atoms with Gasteiger partial charge in [-0.05, 0) is 12.5 Å². The predicted octanol–water partition coefficient (Wildman–Crippen LogP) is 2.75. The lowest BCUT2D eigenvalue weighted by Gasteiger charge is -2.43. The number of anilines is 4. The van der Waals surface area contributed by atoms with E-state index in [2.05, 4.69) is 27.0 Å². The molecule has 2 aromatic heterocycles. The maximum atomic E-state index is 13.8. The number of nitrogens with one attached hydrogen (secondary N) is 1. The van der Waals surface area contributed by atoms with Crippen LogP contribution < -0.4 is 19.9 Å². The second kappa shape index (κ2) is 10.1. The quantitative estimate of drug-likeness (QED) is 0.454. The second-order valence-electron chi connectivity index (χ2n) is 8.92. The van der Waals surface area contributed by atoms with E-state index in [0.29, 0.717) is 47.4 Å². The van der Waals surface area contributed by atoms with Gasteiger partial charge in [-0.3, -0.25) is 14.4 Å². The Bertz CT molecular complexity index is 1410. The lowest BCUT2D eigenvalue weighted by Crippen LogP contribution is -2.49. The number of hydrogen-bond donors (Lipinski definition) is 2. The first-order valence-corrected chi connectivity index (χ1v) is 12.0. The van der Waals surface area contributed by atoms with Crippen LogP contribution in [0.15, 0.2) is 49.2 Å². The number of para-hydroxylation sites is 1. The molecule has 0 bridgehead atoms. The first-order valence-electron chi connectivity index (χ1n) is 12.0. The summed E-state index contributed by atoms with van der Waals surface area (Å²) in [6.07, 6.45) is 5.37. The van der Waals surface area contributed by atoms with Gasteiger partial charge in [-0.2, -0.15) is 10.1 Å². The minimum atomic E-state index is -1.06. The van der Waals surface area contributed by atoms with Gasteiger partial charge in [0, 0.05) is 37.1 Å². The number of hydrogen-bond acceptors (Lipinski definition) is 8. The molecule has 5 rings (SSSR count). The Hall–Kier alpha value is -4.52. The number of carbonyl (C=O) groups excluding carboxylic acids is 2. The lowest BCUT2D eigenvalue weighted by molar-refractivity contribution is -0.116. The zero-order valence-electron chi connectivity index (χ0n) is 21.0. The van der Waals surface area contributed by atoms with Crippen LogP contribution in [-0.2, 0) is 17.9 Å². The van der Waals surface area contributed by atoms with Crippen LogP contribution in [-0.4, -0.2) is 69.0 Å². The Morgan fingerprint density at radius 1 is 1.34 bits per heavy atom. The molecule has 3 amide bonds. The fourth-order valence-corrected chi connectivity index (χ4v) is 4.87. The summed E-state index contributed by atoms with van der Waals surface area (Å²) in [7, 11) is 3.12. The number of rotatable bonds is 7. The van der Waals surface area contributed by atoms with Crippen molar-refractivity contribution in [3.05, 3.63) is 60.3 Å². The maximum absolute atomic E-state index is 13.8.